The van der Waals surface area contributed by atoms with Crippen LogP contribution in [0.15, 0.2) is 84.9 Å². The standard InChI is InChI=1S/C27H22/c1-19-23-14-5-7-16-25(23)27(26-17-8-6-15-24(19)26)22-13-9-12-21(18-22)20-10-3-2-4-11-20/h2-5,7-14,16-18H,6,15H2,1H3. The van der Waals surface area contributed by atoms with Gasteiger partial charge in [-0.2, -0.15) is 0 Å². The molecule has 0 amide bonds. The Labute approximate surface area is 160 Å². The van der Waals surface area contributed by atoms with E-state index in [1.165, 1.54) is 49.7 Å². The van der Waals surface area contributed by atoms with Gasteiger partial charge in [0, 0.05) is 0 Å². The molecule has 0 bridgehead atoms. The van der Waals surface area contributed by atoms with Crippen LogP contribution in [0.5, 0.6) is 0 Å². The summed E-state index contributed by atoms with van der Waals surface area (Å²) in [4.78, 5) is 0. The Morgan fingerprint density at radius 1 is 0.667 bits per heavy atom. The normalized spacial score (nSPS) is 12.9. The Balaban J connectivity index is 1.82. The molecule has 0 saturated carbocycles. The summed E-state index contributed by atoms with van der Waals surface area (Å²) in [6.45, 7) is 2.28. The Morgan fingerprint density at radius 2 is 1.37 bits per heavy atom. The Morgan fingerprint density at radius 3 is 2.22 bits per heavy atom. The van der Waals surface area contributed by atoms with Crippen molar-refractivity contribution in [2.75, 3.05) is 0 Å². The average molecular weight is 346 g/mol. The topological polar surface area (TPSA) is 0 Å². The molecule has 0 heteroatoms. The first-order valence-corrected chi connectivity index (χ1v) is 9.69. The first-order chi connectivity index (χ1) is 13.3. The molecular weight excluding hydrogens is 324 g/mol. The lowest BCUT2D eigenvalue weighted by Gasteiger charge is -2.22. The number of benzene rings is 4. The van der Waals surface area contributed by atoms with E-state index in [0.717, 1.165) is 12.8 Å². The molecule has 0 unspecified atom stereocenters. The van der Waals surface area contributed by atoms with Gasteiger partial charge in [0.25, 0.3) is 0 Å². The summed E-state index contributed by atoms with van der Waals surface area (Å²) >= 11 is 0. The van der Waals surface area contributed by atoms with Crippen molar-refractivity contribution in [3.05, 3.63) is 102 Å². The maximum Gasteiger partial charge on any atom is -0.00298 e. The van der Waals surface area contributed by atoms with Gasteiger partial charge < -0.3 is 0 Å². The van der Waals surface area contributed by atoms with Crippen molar-refractivity contribution < 1.29 is 0 Å². The largest absolute Gasteiger partial charge is 0.0836 e. The molecule has 0 heterocycles. The number of aryl methyl sites for hydroxylation is 1. The second-order valence-electron chi connectivity index (χ2n) is 7.33. The van der Waals surface area contributed by atoms with E-state index in [9.17, 15) is 0 Å². The molecule has 0 aromatic heterocycles. The van der Waals surface area contributed by atoms with Gasteiger partial charge in [-0.3, -0.25) is 0 Å². The Kier molecular flexibility index (Phi) is 3.90. The summed E-state index contributed by atoms with van der Waals surface area (Å²) in [5, 5.41) is 2.73. The summed E-state index contributed by atoms with van der Waals surface area (Å²) < 4.78 is 0. The number of fused-ring (bicyclic) bond motifs is 2. The predicted octanol–water partition coefficient (Wildman–Crippen LogP) is 7.44. The predicted molar refractivity (Wildman–Crippen MR) is 117 cm³/mol. The molecule has 0 spiro atoms. The third-order valence-corrected chi connectivity index (χ3v) is 5.75. The van der Waals surface area contributed by atoms with Crippen LogP contribution in [-0.2, 0) is 6.42 Å². The molecule has 27 heavy (non-hydrogen) atoms. The molecule has 0 N–H and O–H groups in total. The molecule has 4 aromatic rings. The van der Waals surface area contributed by atoms with E-state index in [1.54, 1.807) is 0 Å². The number of hydrogen-bond acceptors (Lipinski definition) is 0. The molecule has 0 nitrogen and oxygen atoms in total. The highest BCUT2D eigenvalue weighted by atomic mass is 14.2. The molecule has 5 rings (SSSR count). The average Bonchev–Trinajstić information content (AvgIpc) is 2.75. The molecule has 0 aliphatic heterocycles. The highest BCUT2D eigenvalue weighted by Gasteiger charge is 2.18. The minimum Gasteiger partial charge on any atom is -0.0836 e. The lowest BCUT2D eigenvalue weighted by molar-refractivity contribution is 0.976. The summed E-state index contributed by atoms with van der Waals surface area (Å²) in [5.74, 6) is 0. The maximum atomic E-state index is 2.34. The van der Waals surface area contributed by atoms with E-state index in [2.05, 4.69) is 97.9 Å². The van der Waals surface area contributed by atoms with E-state index in [0.29, 0.717) is 0 Å². The third-order valence-electron chi connectivity index (χ3n) is 5.75. The van der Waals surface area contributed by atoms with Crippen LogP contribution in [0.3, 0.4) is 0 Å². The summed E-state index contributed by atoms with van der Waals surface area (Å²) in [6, 6.07) is 28.5. The summed E-state index contributed by atoms with van der Waals surface area (Å²) in [6.07, 6.45) is 6.92. The zero-order chi connectivity index (χ0) is 18.2. The third kappa shape index (κ3) is 2.69. The van der Waals surface area contributed by atoms with Crippen molar-refractivity contribution >= 4 is 16.8 Å². The van der Waals surface area contributed by atoms with Crippen molar-refractivity contribution in [2.45, 2.75) is 19.8 Å². The Hall–Kier alpha value is -3.12. The molecule has 130 valence electrons. The fourth-order valence-electron chi connectivity index (χ4n) is 4.42. The monoisotopic (exact) mass is 346 g/mol. The van der Waals surface area contributed by atoms with Gasteiger partial charge in [-0.1, -0.05) is 84.9 Å². The zero-order valence-corrected chi connectivity index (χ0v) is 15.6. The summed E-state index contributed by atoms with van der Waals surface area (Å²) in [5.41, 5.74) is 9.56. The SMILES string of the molecule is Cc1c2c(c(-c3cccc(-c4ccccc4)c3)c3ccccc13)C=CCC2. The van der Waals surface area contributed by atoms with Crippen LogP contribution in [0.4, 0.5) is 0 Å². The van der Waals surface area contributed by atoms with Crippen LogP contribution in [0.25, 0.3) is 39.1 Å². The Bertz CT molecular complexity index is 1160. The summed E-state index contributed by atoms with van der Waals surface area (Å²) in [7, 11) is 0. The second kappa shape index (κ2) is 6.55. The van der Waals surface area contributed by atoms with Crippen LogP contribution >= 0.6 is 0 Å². The van der Waals surface area contributed by atoms with E-state index < -0.39 is 0 Å². The fourth-order valence-corrected chi connectivity index (χ4v) is 4.42. The van der Waals surface area contributed by atoms with Gasteiger partial charge >= 0.3 is 0 Å². The van der Waals surface area contributed by atoms with Gasteiger partial charge in [0.1, 0.15) is 0 Å². The molecular formula is C27H22. The van der Waals surface area contributed by atoms with Crippen molar-refractivity contribution in [3.63, 3.8) is 0 Å². The van der Waals surface area contributed by atoms with Crippen LogP contribution in [0, 0.1) is 6.92 Å². The second-order valence-corrected chi connectivity index (χ2v) is 7.33. The lowest BCUT2D eigenvalue weighted by atomic mass is 9.82. The number of hydrogen-bond donors (Lipinski definition) is 0. The van der Waals surface area contributed by atoms with Gasteiger partial charge in [-0.05, 0) is 75.5 Å². The quantitative estimate of drug-likeness (QED) is 0.354. The van der Waals surface area contributed by atoms with Gasteiger partial charge in [0.2, 0.25) is 0 Å². The molecule has 1 aliphatic rings. The van der Waals surface area contributed by atoms with Gasteiger partial charge in [0.05, 0.1) is 0 Å². The van der Waals surface area contributed by atoms with Crippen LogP contribution < -0.4 is 0 Å². The van der Waals surface area contributed by atoms with Crippen molar-refractivity contribution in [1.29, 1.82) is 0 Å². The zero-order valence-electron chi connectivity index (χ0n) is 15.6. The van der Waals surface area contributed by atoms with Crippen molar-refractivity contribution in [2.24, 2.45) is 0 Å². The first kappa shape index (κ1) is 16.1. The van der Waals surface area contributed by atoms with Crippen LogP contribution in [-0.4, -0.2) is 0 Å². The highest BCUT2D eigenvalue weighted by molar-refractivity contribution is 6.04. The van der Waals surface area contributed by atoms with E-state index in [-0.39, 0.29) is 0 Å². The minimum atomic E-state index is 1.13. The lowest BCUT2D eigenvalue weighted by Crippen LogP contribution is -2.02. The molecule has 4 aromatic carbocycles. The molecule has 1 aliphatic carbocycles. The minimum absolute atomic E-state index is 1.13. The first-order valence-electron chi connectivity index (χ1n) is 9.69. The van der Waals surface area contributed by atoms with Crippen LogP contribution in [0.1, 0.15) is 23.1 Å². The number of allylic oxidation sites excluding steroid dienone is 1. The van der Waals surface area contributed by atoms with Gasteiger partial charge in [-0.25, -0.2) is 0 Å². The van der Waals surface area contributed by atoms with Crippen LogP contribution in [0.2, 0.25) is 0 Å². The van der Waals surface area contributed by atoms with Crippen molar-refractivity contribution in [1.82, 2.24) is 0 Å². The van der Waals surface area contributed by atoms with Gasteiger partial charge in [0.15, 0.2) is 0 Å². The van der Waals surface area contributed by atoms with E-state index in [1.807, 2.05) is 0 Å². The van der Waals surface area contributed by atoms with Gasteiger partial charge in [-0.15, -0.1) is 0 Å². The van der Waals surface area contributed by atoms with E-state index in [4.69, 9.17) is 0 Å². The number of rotatable bonds is 2. The van der Waals surface area contributed by atoms with Crippen molar-refractivity contribution in [3.8, 4) is 22.3 Å². The highest BCUT2D eigenvalue weighted by Crippen LogP contribution is 2.40. The molecule has 0 atom stereocenters. The fraction of sp³-hybridized carbons (Fsp3) is 0.111. The smallest absolute Gasteiger partial charge is 0.00298 e. The molecule has 0 fully saturated rings. The van der Waals surface area contributed by atoms with E-state index >= 15 is 0 Å². The molecule has 0 saturated heterocycles. The molecule has 0 radical (unpaired) electrons. The maximum absolute atomic E-state index is 2.34.